The Balaban J connectivity index is 2.17. The number of aromatic nitrogens is 3. The molecule has 0 aliphatic carbocycles. The van der Waals surface area contributed by atoms with Gasteiger partial charge in [0.25, 0.3) is 0 Å². The van der Waals surface area contributed by atoms with Gasteiger partial charge in [-0.25, -0.2) is 4.98 Å². The Bertz CT molecular complexity index is 514. The summed E-state index contributed by atoms with van der Waals surface area (Å²) in [5, 5.41) is 5.05. The highest BCUT2D eigenvalue weighted by molar-refractivity contribution is 6.31. The van der Waals surface area contributed by atoms with Crippen molar-refractivity contribution >= 4 is 11.6 Å². The molecule has 0 aliphatic rings. The Morgan fingerprint density at radius 2 is 2.00 bits per heavy atom. The zero-order chi connectivity index (χ0) is 13.9. The number of hydrogen-bond acceptors (Lipinski definition) is 2. The number of nitrogens with zero attached hydrogens (tertiary/aromatic N) is 3. The van der Waals surface area contributed by atoms with E-state index in [2.05, 4.69) is 36.9 Å². The summed E-state index contributed by atoms with van der Waals surface area (Å²) in [7, 11) is 0. The molecule has 2 aromatic rings. The van der Waals surface area contributed by atoms with Crippen molar-refractivity contribution in [2.24, 2.45) is 11.3 Å². The van der Waals surface area contributed by atoms with E-state index in [0.717, 1.165) is 18.0 Å². The fraction of sp³-hybridized carbons (Fsp3) is 0.467. The molecule has 0 radical (unpaired) electrons. The van der Waals surface area contributed by atoms with Gasteiger partial charge in [-0.2, -0.15) is 5.10 Å². The Labute approximate surface area is 119 Å². The first kappa shape index (κ1) is 14.1. The lowest BCUT2D eigenvalue weighted by atomic mass is 9.77. The smallest absolute Gasteiger partial charge is 0.137 e. The zero-order valence-electron chi connectivity index (χ0n) is 11.7. The molecule has 0 fully saturated rings. The van der Waals surface area contributed by atoms with Crippen molar-refractivity contribution in [2.75, 3.05) is 0 Å². The summed E-state index contributed by atoms with van der Waals surface area (Å²) in [6.45, 7) is 7.62. The number of benzene rings is 1. The van der Waals surface area contributed by atoms with E-state index in [-0.39, 0.29) is 5.41 Å². The van der Waals surface area contributed by atoms with E-state index in [4.69, 9.17) is 11.6 Å². The summed E-state index contributed by atoms with van der Waals surface area (Å²) >= 11 is 6.27. The third-order valence-electron chi connectivity index (χ3n) is 3.52. The molecule has 4 heteroatoms. The molecule has 1 heterocycles. The second-order valence-corrected chi connectivity index (χ2v) is 6.38. The predicted octanol–water partition coefficient (Wildman–Crippen LogP) is 3.84. The molecular weight excluding hydrogens is 258 g/mol. The summed E-state index contributed by atoms with van der Waals surface area (Å²) < 4.78 is 1.90. The molecule has 0 saturated heterocycles. The van der Waals surface area contributed by atoms with Gasteiger partial charge in [0.1, 0.15) is 12.7 Å². The van der Waals surface area contributed by atoms with Crippen LogP contribution in [-0.4, -0.2) is 14.8 Å². The maximum Gasteiger partial charge on any atom is 0.137 e. The molecule has 0 spiro atoms. The van der Waals surface area contributed by atoms with Gasteiger partial charge in [0.15, 0.2) is 0 Å². The lowest BCUT2D eigenvalue weighted by Crippen LogP contribution is -2.27. The maximum atomic E-state index is 6.27. The van der Waals surface area contributed by atoms with Crippen LogP contribution in [0.3, 0.4) is 0 Å². The number of halogens is 1. The first-order valence-corrected chi connectivity index (χ1v) is 6.90. The summed E-state index contributed by atoms with van der Waals surface area (Å²) in [5.74, 6) is 0.453. The second kappa shape index (κ2) is 5.74. The zero-order valence-corrected chi connectivity index (χ0v) is 12.4. The third-order valence-corrected chi connectivity index (χ3v) is 3.89. The second-order valence-electron chi connectivity index (χ2n) is 5.98. The maximum absolute atomic E-state index is 6.27. The molecule has 0 amide bonds. The molecule has 19 heavy (non-hydrogen) atoms. The molecule has 1 unspecified atom stereocenters. The van der Waals surface area contributed by atoms with Crippen LogP contribution in [-0.2, 0) is 13.0 Å². The SMILES string of the molecule is CC(C)(C)C(Cc1ccccc1Cl)Cn1cncn1. The monoisotopic (exact) mass is 277 g/mol. The van der Waals surface area contributed by atoms with Gasteiger partial charge < -0.3 is 0 Å². The van der Waals surface area contributed by atoms with Crippen LogP contribution < -0.4 is 0 Å². The molecule has 0 aliphatic heterocycles. The normalized spacial score (nSPS) is 13.5. The average molecular weight is 278 g/mol. The van der Waals surface area contributed by atoms with Crippen LogP contribution in [0.5, 0.6) is 0 Å². The molecule has 1 aromatic heterocycles. The van der Waals surface area contributed by atoms with Gasteiger partial charge in [-0.05, 0) is 29.4 Å². The van der Waals surface area contributed by atoms with Crippen LogP contribution in [0.25, 0.3) is 0 Å². The fourth-order valence-corrected chi connectivity index (χ4v) is 2.34. The minimum absolute atomic E-state index is 0.186. The molecule has 0 N–H and O–H groups in total. The predicted molar refractivity (Wildman–Crippen MR) is 78.1 cm³/mol. The van der Waals surface area contributed by atoms with E-state index in [1.807, 2.05) is 22.9 Å². The van der Waals surface area contributed by atoms with Gasteiger partial charge in [-0.1, -0.05) is 50.6 Å². The average Bonchev–Trinajstić information content (AvgIpc) is 2.82. The van der Waals surface area contributed by atoms with Gasteiger partial charge in [0.05, 0.1) is 0 Å². The van der Waals surface area contributed by atoms with Crippen LogP contribution in [0.4, 0.5) is 0 Å². The summed E-state index contributed by atoms with van der Waals surface area (Å²) in [5.41, 5.74) is 1.38. The quantitative estimate of drug-likeness (QED) is 0.850. The van der Waals surface area contributed by atoms with Gasteiger partial charge in [0, 0.05) is 11.6 Å². The van der Waals surface area contributed by atoms with Crippen molar-refractivity contribution in [2.45, 2.75) is 33.7 Å². The highest BCUT2D eigenvalue weighted by Crippen LogP contribution is 2.32. The minimum atomic E-state index is 0.186. The Morgan fingerprint density at radius 3 is 2.58 bits per heavy atom. The van der Waals surface area contributed by atoms with E-state index in [0.29, 0.717) is 5.92 Å². The molecule has 0 saturated carbocycles. The van der Waals surface area contributed by atoms with Gasteiger partial charge in [-0.15, -0.1) is 0 Å². The summed E-state index contributed by atoms with van der Waals surface area (Å²) in [6.07, 6.45) is 4.30. The Morgan fingerprint density at radius 1 is 1.26 bits per heavy atom. The summed E-state index contributed by atoms with van der Waals surface area (Å²) in [4.78, 5) is 4.01. The van der Waals surface area contributed by atoms with Crippen molar-refractivity contribution in [1.29, 1.82) is 0 Å². The van der Waals surface area contributed by atoms with E-state index < -0.39 is 0 Å². The van der Waals surface area contributed by atoms with Crippen LogP contribution in [0.1, 0.15) is 26.3 Å². The fourth-order valence-electron chi connectivity index (χ4n) is 2.13. The van der Waals surface area contributed by atoms with Gasteiger partial charge in [0.2, 0.25) is 0 Å². The Hall–Kier alpha value is -1.35. The van der Waals surface area contributed by atoms with Crippen molar-refractivity contribution in [1.82, 2.24) is 14.8 Å². The Kier molecular flexibility index (Phi) is 4.25. The first-order chi connectivity index (χ1) is 8.97. The molecule has 1 aromatic carbocycles. The molecule has 2 rings (SSSR count). The van der Waals surface area contributed by atoms with E-state index in [9.17, 15) is 0 Å². The van der Waals surface area contributed by atoms with E-state index >= 15 is 0 Å². The molecule has 3 nitrogen and oxygen atoms in total. The summed E-state index contributed by atoms with van der Waals surface area (Å²) in [6, 6.07) is 8.06. The minimum Gasteiger partial charge on any atom is -0.253 e. The van der Waals surface area contributed by atoms with Crippen LogP contribution >= 0.6 is 11.6 Å². The standard InChI is InChI=1S/C15H20ClN3/c1-15(2,3)13(9-19-11-17-10-18-19)8-12-6-4-5-7-14(12)16/h4-7,10-11,13H,8-9H2,1-3H3. The first-order valence-electron chi connectivity index (χ1n) is 6.52. The van der Waals surface area contributed by atoms with Gasteiger partial charge in [-0.3, -0.25) is 4.68 Å². The largest absolute Gasteiger partial charge is 0.253 e. The molecule has 0 bridgehead atoms. The van der Waals surface area contributed by atoms with E-state index in [1.165, 1.54) is 5.56 Å². The molecule has 102 valence electrons. The van der Waals surface area contributed by atoms with Crippen LogP contribution in [0.15, 0.2) is 36.9 Å². The number of hydrogen-bond donors (Lipinski definition) is 0. The van der Waals surface area contributed by atoms with E-state index in [1.54, 1.807) is 12.7 Å². The molecular formula is C15H20ClN3. The third kappa shape index (κ3) is 3.80. The number of rotatable bonds is 4. The van der Waals surface area contributed by atoms with Gasteiger partial charge >= 0.3 is 0 Å². The van der Waals surface area contributed by atoms with Crippen molar-refractivity contribution in [3.05, 3.63) is 47.5 Å². The van der Waals surface area contributed by atoms with Crippen molar-refractivity contribution in [3.63, 3.8) is 0 Å². The van der Waals surface area contributed by atoms with Crippen molar-refractivity contribution in [3.8, 4) is 0 Å². The van der Waals surface area contributed by atoms with Crippen LogP contribution in [0, 0.1) is 11.3 Å². The topological polar surface area (TPSA) is 30.7 Å². The lowest BCUT2D eigenvalue weighted by molar-refractivity contribution is 0.204. The highest BCUT2D eigenvalue weighted by Gasteiger charge is 2.26. The van der Waals surface area contributed by atoms with Crippen molar-refractivity contribution < 1.29 is 0 Å². The molecule has 1 atom stereocenters. The van der Waals surface area contributed by atoms with Crippen LogP contribution in [0.2, 0.25) is 5.02 Å². The lowest BCUT2D eigenvalue weighted by Gasteiger charge is -2.31. The highest BCUT2D eigenvalue weighted by atomic mass is 35.5.